The van der Waals surface area contributed by atoms with Crippen LogP contribution in [-0.4, -0.2) is 25.8 Å². The third-order valence-electron chi connectivity index (χ3n) is 3.70. The highest BCUT2D eigenvalue weighted by atomic mass is 35.5. The molecule has 25 heavy (non-hydrogen) atoms. The molecule has 0 bridgehead atoms. The van der Waals surface area contributed by atoms with Gasteiger partial charge in [-0.2, -0.15) is 0 Å². The highest BCUT2D eigenvalue weighted by Crippen LogP contribution is 2.31. The molecule has 0 fully saturated rings. The van der Waals surface area contributed by atoms with Crippen LogP contribution in [0.25, 0.3) is 21.7 Å². The first kappa shape index (κ1) is 15.7. The molecule has 0 saturated heterocycles. The standard InChI is InChI=1S/C16H10ClN3O4S/c17-14-3-2-13(25-14)12-5-8(19-24-12)7-20-10-1-4-15(21)18-9(10)6-11(20)16(22)23/h1-6H,7H2,(H,18,21)(H,22,23). The molecule has 4 aromatic heterocycles. The number of aromatic nitrogens is 3. The Morgan fingerprint density at radius 1 is 1.32 bits per heavy atom. The van der Waals surface area contributed by atoms with Crippen LogP contribution < -0.4 is 5.56 Å². The Labute approximate surface area is 149 Å². The number of thiophene rings is 1. The molecule has 0 amide bonds. The number of rotatable bonds is 4. The number of H-pyrrole nitrogens is 1. The summed E-state index contributed by atoms with van der Waals surface area (Å²) in [7, 11) is 0. The predicted octanol–water partition coefficient (Wildman–Crippen LogP) is 3.45. The molecule has 4 heterocycles. The van der Waals surface area contributed by atoms with Crippen LogP contribution in [0.2, 0.25) is 4.34 Å². The first-order chi connectivity index (χ1) is 12.0. The maximum Gasteiger partial charge on any atom is 0.352 e. The zero-order valence-corrected chi connectivity index (χ0v) is 14.1. The molecule has 0 unspecified atom stereocenters. The Hall–Kier alpha value is -2.84. The first-order valence-corrected chi connectivity index (χ1v) is 8.38. The fourth-order valence-corrected chi connectivity index (χ4v) is 3.62. The molecule has 0 saturated carbocycles. The molecular weight excluding hydrogens is 366 g/mol. The number of aromatic amines is 1. The Kier molecular flexibility index (Phi) is 3.70. The van der Waals surface area contributed by atoms with Crippen molar-refractivity contribution in [3.8, 4) is 10.6 Å². The van der Waals surface area contributed by atoms with Gasteiger partial charge in [-0.3, -0.25) is 4.79 Å². The van der Waals surface area contributed by atoms with Crippen molar-refractivity contribution in [3.63, 3.8) is 0 Å². The molecule has 0 spiro atoms. The molecule has 0 aliphatic rings. The van der Waals surface area contributed by atoms with Crippen LogP contribution in [-0.2, 0) is 6.54 Å². The fourth-order valence-electron chi connectivity index (χ4n) is 2.63. The van der Waals surface area contributed by atoms with E-state index in [4.69, 9.17) is 16.1 Å². The maximum atomic E-state index is 11.5. The van der Waals surface area contributed by atoms with E-state index in [1.54, 1.807) is 22.8 Å². The van der Waals surface area contributed by atoms with Gasteiger partial charge in [0, 0.05) is 12.1 Å². The molecule has 0 aromatic carbocycles. The number of carboxylic acid groups (broad SMARTS) is 1. The summed E-state index contributed by atoms with van der Waals surface area (Å²) >= 11 is 7.29. The van der Waals surface area contributed by atoms with Crippen molar-refractivity contribution in [2.75, 3.05) is 0 Å². The number of halogens is 1. The van der Waals surface area contributed by atoms with Crippen molar-refractivity contribution in [2.24, 2.45) is 0 Å². The SMILES string of the molecule is O=C(O)c1cc2[nH]c(=O)ccc2n1Cc1cc(-c2ccc(Cl)s2)on1. The summed E-state index contributed by atoms with van der Waals surface area (Å²) in [4.78, 5) is 26.4. The normalized spacial score (nSPS) is 11.2. The summed E-state index contributed by atoms with van der Waals surface area (Å²) in [6, 6.07) is 9.70. The van der Waals surface area contributed by atoms with Crippen molar-refractivity contribution in [1.82, 2.24) is 14.7 Å². The van der Waals surface area contributed by atoms with Gasteiger partial charge in [0.15, 0.2) is 5.76 Å². The van der Waals surface area contributed by atoms with Gasteiger partial charge in [0.25, 0.3) is 0 Å². The summed E-state index contributed by atoms with van der Waals surface area (Å²) in [5.41, 5.74) is 1.38. The minimum atomic E-state index is -1.09. The lowest BCUT2D eigenvalue weighted by Gasteiger charge is -2.05. The molecule has 4 rings (SSSR count). The molecule has 0 radical (unpaired) electrons. The lowest BCUT2D eigenvalue weighted by Crippen LogP contribution is -2.10. The van der Waals surface area contributed by atoms with Gasteiger partial charge in [-0.05, 0) is 24.3 Å². The second-order valence-electron chi connectivity index (χ2n) is 5.33. The van der Waals surface area contributed by atoms with Gasteiger partial charge in [-0.15, -0.1) is 11.3 Å². The van der Waals surface area contributed by atoms with Crippen LogP contribution in [0.15, 0.2) is 45.7 Å². The Morgan fingerprint density at radius 3 is 2.88 bits per heavy atom. The van der Waals surface area contributed by atoms with Gasteiger partial charge in [-0.25, -0.2) is 4.79 Å². The van der Waals surface area contributed by atoms with E-state index in [1.165, 1.54) is 23.5 Å². The topological polar surface area (TPSA) is 101 Å². The summed E-state index contributed by atoms with van der Waals surface area (Å²) < 4.78 is 7.53. The molecule has 0 aliphatic heterocycles. The van der Waals surface area contributed by atoms with Crippen molar-refractivity contribution >= 4 is 39.9 Å². The predicted molar refractivity (Wildman–Crippen MR) is 93.4 cm³/mol. The number of carboxylic acids is 1. The van der Waals surface area contributed by atoms with Crippen LogP contribution in [0.1, 0.15) is 16.2 Å². The quantitative estimate of drug-likeness (QED) is 0.569. The van der Waals surface area contributed by atoms with Crippen LogP contribution >= 0.6 is 22.9 Å². The number of nitrogens with one attached hydrogen (secondary N) is 1. The fraction of sp³-hybridized carbons (Fsp3) is 0.0625. The van der Waals surface area contributed by atoms with E-state index < -0.39 is 5.97 Å². The number of aromatic carboxylic acids is 1. The van der Waals surface area contributed by atoms with Gasteiger partial charge < -0.3 is 19.2 Å². The lowest BCUT2D eigenvalue weighted by molar-refractivity contribution is 0.0686. The summed E-state index contributed by atoms with van der Waals surface area (Å²) in [6.45, 7) is 0.194. The highest BCUT2D eigenvalue weighted by molar-refractivity contribution is 7.19. The van der Waals surface area contributed by atoms with Gasteiger partial charge in [0.1, 0.15) is 11.4 Å². The van der Waals surface area contributed by atoms with E-state index >= 15 is 0 Å². The van der Waals surface area contributed by atoms with E-state index in [9.17, 15) is 14.7 Å². The highest BCUT2D eigenvalue weighted by Gasteiger charge is 2.17. The summed E-state index contributed by atoms with van der Waals surface area (Å²) in [5.74, 6) is -0.528. The number of fused-ring (bicyclic) bond motifs is 1. The molecule has 7 nitrogen and oxygen atoms in total. The molecule has 4 aromatic rings. The van der Waals surface area contributed by atoms with E-state index in [-0.39, 0.29) is 17.8 Å². The Morgan fingerprint density at radius 2 is 2.16 bits per heavy atom. The van der Waals surface area contributed by atoms with Crippen molar-refractivity contribution in [2.45, 2.75) is 6.54 Å². The number of hydrogen-bond donors (Lipinski definition) is 2. The van der Waals surface area contributed by atoms with Gasteiger partial charge in [-0.1, -0.05) is 16.8 Å². The van der Waals surface area contributed by atoms with Crippen LogP contribution in [0.5, 0.6) is 0 Å². The van der Waals surface area contributed by atoms with Gasteiger partial charge in [0.2, 0.25) is 5.56 Å². The minimum Gasteiger partial charge on any atom is -0.477 e. The smallest absolute Gasteiger partial charge is 0.352 e. The average molecular weight is 376 g/mol. The second-order valence-corrected chi connectivity index (χ2v) is 7.04. The average Bonchev–Trinajstić information content (AvgIpc) is 3.26. The Bertz CT molecular complexity index is 1150. The van der Waals surface area contributed by atoms with E-state index in [0.717, 1.165) is 4.88 Å². The minimum absolute atomic E-state index is 0.0561. The molecule has 2 N–H and O–H groups in total. The zero-order chi connectivity index (χ0) is 17.6. The number of nitrogens with zero attached hydrogens (tertiary/aromatic N) is 2. The second kappa shape index (κ2) is 5.91. The molecular formula is C16H10ClN3O4S. The van der Waals surface area contributed by atoms with E-state index in [0.29, 0.717) is 26.8 Å². The van der Waals surface area contributed by atoms with E-state index in [1.807, 2.05) is 6.07 Å². The first-order valence-electron chi connectivity index (χ1n) is 7.18. The van der Waals surface area contributed by atoms with Crippen LogP contribution in [0.3, 0.4) is 0 Å². The third-order valence-corrected chi connectivity index (χ3v) is 4.95. The molecule has 9 heteroatoms. The maximum absolute atomic E-state index is 11.5. The number of carbonyl (C=O) groups is 1. The molecule has 0 aliphatic carbocycles. The summed E-state index contributed by atoms with van der Waals surface area (Å²) in [5, 5.41) is 13.4. The van der Waals surface area contributed by atoms with Crippen LogP contribution in [0.4, 0.5) is 0 Å². The molecule has 126 valence electrons. The lowest BCUT2D eigenvalue weighted by atomic mass is 10.3. The Balaban J connectivity index is 1.75. The number of hydrogen-bond acceptors (Lipinski definition) is 5. The van der Waals surface area contributed by atoms with Gasteiger partial charge in [0.05, 0.1) is 26.8 Å². The summed E-state index contributed by atoms with van der Waals surface area (Å²) in [6.07, 6.45) is 0. The molecule has 0 atom stereocenters. The van der Waals surface area contributed by atoms with Crippen molar-refractivity contribution in [1.29, 1.82) is 0 Å². The van der Waals surface area contributed by atoms with Crippen LogP contribution in [0, 0.1) is 0 Å². The van der Waals surface area contributed by atoms with Crippen molar-refractivity contribution < 1.29 is 14.4 Å². The number of pyridine rings is 1. The van der Waals surface area contributed by atoms with Crippen molar-refractivity contribution in [3.05, 3.63) is 62.5 Å². The largest absolute Gasteiger partial charge is 0.477 e. The monoisotopic (exact) mass is 375 g/mol. The van der Waals surface area contributed by atoms with Gasteiger partial charge >= 0.3 is 5.97 Å². The van der Waals surface area contributed by atoms with E-state index in [2.05, 4.69) is 10.1 Å². The third kappa shape index (κ3) is 2.86. The zero-order valence-electron chi connectivity index (χ0n) is 12.5.